The van der Waals surface area contributed by atoms with Crippen LogP contribution in [0.5, 0.6) is 0 Å². The van der Waals surface area contributed by atoms with E-state index in [9.17, 15) is 14.7 Å². The normalized spacial score (nSPS) is 22.8. The summed E-state index contributed by atoms with van der Waals surface area (Å²) in [5, 5.41) is 11.3. The van der Waals surface area contributed by atoms with Gasteiger partial charge in [-0.05, 0) is 55.9 Å². The molecule has 1 fully saturated rings. The molecule has 6 nitrogen and oxygen atoms in total. The van der Waals surface area contributed by atoms with Crippen molar-refractivity contribution in [3.63, 3.8) is 0 Å². The van der Waals surface area contributed by atoms with Gasteiger partial charge in [0.25, 0.3) is 11.5 Å². The molecule has 1 saturated heterocycles. The largest absolute Gasteiger partial charge is 0.388 e. The molecule has 0 aliphatic carbocycles. The van der Waals surface area contributed by atoms with E-state index in [1.807, 2.05) is 0 Å². The minimum absolute atomic E-state index is 0.175. The topological polar surface area (TPSA) is 76.6 Å². The summed E-state index contributed by atoms with van der Waals surface area (Å²) in [6.45, 7) is 5.25. The van der Waals surface area contributed by atoms with E-state index in [1.54, 1.807) is 24.0 Å². The molecule has 0 bridgehead atoms. The lowest BCUT2D eigenvalue weighted by Crippen LogP contribution is -2.45. The lowest BCUT2D eigenvalue weighted by Gasteiger charge is -2.36. The van der Waals surface area contributed by atoms with Crippen molar-refractivity contribution >= 4 is 5.91 Å². The lowest BCUT2D eigenvalue weighted by atomic mass is 9.92. The second-order valence-electron chi connectivity index (χ2n) is 8.48. The molecule has 154 valence electrons. The molecular weight excluding hydrogens is 366 g/mol. The van der Waals surface area contributed by atoms with Crippen LogP contribution in [0.1, 0.15) is 46.4 Å². The molecule has 2 aliphatic heterocycles. The van der Waals surface area contributed by atoms with Gasteiger partial charge >= 0.3 is 0 Å². The van der Waals surface area contributed by atoms with E-state index in [1.165, 1.54) is 11.1 Å². The van der Waals surface area contributed by atoms with E-state index in [0.29, 0.717) is 32.5 Å². The summed E-state index contributed by atoms with van der Waals surface area (Å²) < 4.78 is 0. The number of likely N-dealkylation sites (tertiary alicyclic amines) is 1. The first-order chi connectivity index (χ1) is 13.9. The molecule has 2 N–H and O–H groups in total. The Hall–Kier alpha value is -2.44. The Morgan fingerprint density at radius 2 is 1.90 bits per heavy atom. The predicted octanol–water partition coefficient (Wildman–Crippen LogP) is 2.10. The SMILES string of the molecule is Cc1ccc(C(=O)N2CCCC(O)(CN3CCc4ccccc4C3)CC2)c(=O)[nH]1. The van der Waals surface area contributed by atoms with Crippen molar-refractivity contribution in [2.75, 3.05) is 26.2 Å². The third kappa shape index (κ3) is 4.43. The Labute approximate surface area is 171 Å². The minimum Gasteiger partial charge on any atom is -0.388 e. The summed E-state index contributed by atoms with van der Waals surface area (Å²) in [6.07, 6.45) is 2.93. The molecule has 1 atom stereocenters. The van der Waals surface area contributed by atoms with E-state index in [-0.39, 0.29) is 17.0 Å². The molecule has 6 heteroatoms. The standard InChI is InChI=1S/C23H29N3O3/c1-17-7-8-20(21(27)24-17)22(28)26-12-4-10-23(29,11-14-26)16-25-13-9-18-5-2-3-6-19(18)15-25/h2-3,5-8,29H,4,9-16H2,1H3,(H,24,27). The number of H-pyrrole nitrogens is 1. The molecule has 2 aromatic rings. The number of aryl methyl sites for hydroxylation is 1. The first-order valence-corrected chi connectivity index (χ1v) is 10.4. The van der Waals surface area contributed by atoms with Crippen LogP contribution >= 0.6 is 0 Å². The van der Waals surface area contributed by atoms with Gasteiger partial charge in [0.2, 0.25) is 0 Å². The van der Waals surface area contributed by atoms with Crippen molar-refractivity contribution in [3.05, 3.63) is 69.1 Å². The second-order valence-corrected chi connectivity index (χ2v) is 8.48. The maximum absolute atomic E-state index is 12.8. The van der Waals surface area contributed by atoms with E-state index in [4.69, 9.17) is 0 Å². The van der Waals surface area contributed by atoms with E-state index in [0.717, 1.165) is 31.6 Å². The second kappa shape index (κ2) is 8.13. The van der Waals surface area contributed by atoms with Gasteiger partial charge in [-0.1, -0.05) is 24.3 Å². The fourth-order valence-electron chi connectivity index (χ4n) is 4.56. The zero-order valence-electron chi connectivity index (χ0n) is 17.0. The Kier molecular flexibility index (Phi) is 5.56. The molecule has 2 aliphatic rings. The molecule has 1 amide bonds. The summed E-state index contributed by atoms with van der Waals surface area (Å²) in [4.78, 5) is 31.7. The summed E-state index contributed by atoms with van der Waals surface area (Å²) in [5.41, 5.74) is 2.50. The number of nitrogens with zero attached hydrogens (tertiary/aromatic N) is 2. The van der Waals surface area contributed by atoms with Crippen molar-refractivity contribution in [3.8, 4) is 0 Å². The summed E-state index contributed by atoms with van der Waals surface area (Å²) in [6, 6.07) is 11.8. The molecule has 29 heavy (non-hydrogen) atoms. The molecular formula is C23H29N3O3. The van der Waals surface area contributed by atoms with Crippen LogP contribution in [0.15, 0.2) is 41.2 Å². The van der Waals surface area contributed by atoms with Crippen LogP contribution in [-0.2, 0) is 13.0 Å². The van der Waals surface area contributed by atoms with Crippen molar-refractivity contribution in [2.24, 2.45) is 0 Å². The predicted molar refractivity (Wildman–Crippen MR) is 112 cm³/mol. The number of carbonyl (C=O) groups is 1. The van der Waals surface area contributed by atoms with Crippen LogP contribution in [0.25, 0.3) is 0 Å². The van der Waals surface area contributed by atoms with Crippen molar-refractivity contribution in [1.82, 2.24) is 14.8 Å². The van der Waals surface area contributed by atoms with Gasteiger partial charge in [-0.3, -0.25) is 14.5 Å². The first-order valence-electron chi connectivity index (χ1n) is 10.4. The Morgan fingerprint density at radius 1 is 1.10 bits per heavy atom. The van der Waals surface area contributed by atoms with Gasteiger partial charge in [-0.15, -0.1) is 0 Å². The van der Waals surface area contributed by atoms with Gasteiger partial charge in [0.15, 0.2) is 0 Å². The van der Waals surface area contributed by atoms with Gasteiger partial charge in [0.05, 0.1) is 5.60 Å². The summed E-state index contributed by atoms with van der Waals surface area (Å²) in [7, 11) is 0. The Bertz CT molecular complexity index is 954. The minimum atomic E-state index is -0.805. The average Bonchev–Trinajstić information content (AvgIpc) is 2.89. The maximum Gasteiger partial charge on any atom is 0.260 e. The number of benzene rings is 1. The molecule has 0 saturated carbocycles. The fraction of sp³-hybridized carbons (Fsp3) is 0.478. The van der Waals surface area contributed by atoms with E-state index in [2.05, 4.69) is 34.1 Å². The zero-order valence-corrected chi connectivity index (χ0v) is 17.0. The van der Waals surface area contributed by atoms with Crippen molar-refractivity contribution < 1.29 is 9.90 Å². The maximum atomic E-state index is 12.8. The molecule has 0 radical (unpaired) electrons. The van der Waals surface area contributed by atoms with Crippen LogP contribution in [-0.4, -0.2) is 57.6 Å². The number of β-amino-alcohol motifs (C(OH)–C–C–N with tert-alkyl or cyclic N) is 1. The van der Waals surface area contributed by atoms with Crippen LogP contribution in [0, 0.1) is 6.92 Å². The highest BCUT2D eigenvalue weighted by Gasteiger charge is 2.34. The van der Waals surface area contributed by atoms with Gasteiger partial charge in [-0.2, -0.15) is 0 Å². The molecule has 4 rings (SSSR count). The van der Waals surface area contributed by atoms with Gasteiger partial charge in [-0.25, -0.2) is 0 Å². The number of aromatic amines is 1. The van der Waals surface area contributed by atoms with Crippen LogP contribution in [0.2, 0.25) is 0 Å². The third-order valence-corrected chi connectivity index (χ3v) is 6.22. The molecule has 1 aromatic carbocycles. The average molecular weight is 396 g/mol. The molecule has 1 unspecified atom stereocenters. The lowest BCUT2D eigenvalue weighted by molar-refractivity contribution is -0.0118. The van der Waals surface area contributed by atoms with Crippen LogP contribution in [0.3, 0.4) is 0 Å². The van der Waals surface area contributed by atoms with Gasteiger partial charge in [0, 0.05) is 38.4 Å². The summed E-state index contributed by atoms with van der Waals surface area (Å²) >= 11 is 0. The highest BCUT2D eigenvalue weighted by molar-refractivity contribution is 5.93. The number of carbonyl (C=O) groups excluding carboxylic acids is 1. The van der Waals surface area contributed by atoms with Crippen molar-refractivity contribution in [2.45, 2.75) is 44.8 Å². The zero-order chi connectivity index (χ0) is 20.4. The number of nitrogens with one attached hydrogen (secondary N) is 1. The number of aromatic nitrogens is 1. The molecule has 0 spiro atoms. The number of amides is 1. The molecule has 1 aromatic heterocycles. The number of hydrogen-bond donors (Lipinski definition) is 2. The monoisotopic (exact) mass is 395 g/mol. The molecule has 3 heterocycles. The fourth-order valence-corrected chi connectivity index (χ4v) is 4.56. The number of hydrogen-bond acceptors (Lipinski definition) is 4. The van der Waals surface area contributed by atoms with E-state index >= 15 is 0 Å². The number of aliphatic hydroxyl groups is 1. The number of rotatable bonds is 3. The number of fused-ring (bicyclic) bond motifs is 1. The third-order valence-electron chi connectivity index (χ3n) is 6.22. The highest BCUT2D eigenvalue weighted by atomic mass is 16.3. The van der Waals surface area contributed by atoms with E-state index < -0.39 is 5.60 Å². The first kappa shape index (κ1) is 19.9. The number of pyridine rings is 1. The Morgan fingerprint density at radius 3 is 2.69 bits per heavy atom. The Balaban J connectivity index is 1.40. The van der Waals surface area contributed by atoms with Gasteiger partial charge in [0.1, 0.15) is 5.56 Å². The highest BCUT2D eigenvalue weighted by Crippen LogP contribution is 2.27. The van der Waals surface area contributed by atoms with Crippen LogP contribution < -0.4 is 5.56 Å². The summed E-state index contributed by atoms with van der Waals surface area (Å²) in [5.74, 6) is -0.248. The van der Waals surface area contributed by atoms with Crippen molar-refractivity contribution in [1.29, 1.82) is 0 Å². The smallest absolute Gasteiger partial charge is 0.260 e. The van der Waals surface area contributed by atoms with Crippen LogP contribution in [0.4, 0.5) is 0 Å². The quantitative estimate of drug-likeness (QED) is 0.835. The van der Waals surface area contributed by atoms with Gasteiger partial charge < -0.3 is 15.0 Å².